The molecule has 3 rings (SSSR count). The number of nitrogens with two attached hydrogens (primary N) is 1. The maximum Gasteiger partial charge on any atom is 0.222 e. The SMILES string of the molecule is Nc1cc(-c2ccccc2OC2CCSC2)no1. The van der Waals surface area contributed by atoms with Crippen molar-refractivity contribution in [3.63, 3.8) is 0 Å². The molecule has 0 aliphatic carbocycles. The summed E-state index contributed by atoms with van der Waals surface area (Å²) in [5, 5.41) is 3.94. The minimum absolute atomic E-state index is 0.292. The molecule has 0 radical (unpaired) electrons. The number of hydrogen-bond acceptors (Lipinski definition) is 5. The molecule has 2 N–H and O–H groups in total. The highest BCUT2D eigenvalue weighted by Crippen LogP contribution is 2.32. The number of thioether (sulfide) groups is 1. The first kappa shape index (κ1) is 11.5. The molecule has 0 bridgehead atoms. The molecule has 1 aromatic carbocycles. The minimum atomic E-state index is 0.292. The van der Waals surface area contributed by atoms with Crippen molar-refractivity contribution in [3.05, 3.63) is 30.3 Å². The lowest BCUT2D eigenvalue weighted by Crippen LogP contribution is -2.15. The van der Waals surface area contributed by atoms with E-state index in [1.54, 1.807) is 6.07 Å². The van der Waals surface area contributed by atoms with E-state index in [0.717, 1.165) is 23.5 Å². The zero-order valence-electron chi connectivity index (χ0n) is 9.83. The highest BCUT2D eigenvalue weighted by molar-refractivity contribution is 7.99. The van der Waals surface area contributed by atoms with Crippen molar-refractivity contribution >= 4 is 17.6 Å². The van der Waals surface area contributed by atoms with Crippen LogP contribution in [0.2, 0.25) is 0 Å². The summed E-state index contributed by atoms with van der Waals surface area (Å²) >= 11 is 1.93. The molecule has 18 heavy (non-hydrogen) atoms. The van der Waals surface area contributed by atoms with Gasteiger partial charge in [-0.3, -0.25) is 0 Å². The normalized spacial score (nSPS) is 19.0. The minimum Gasteiger partial charge on any atom is -0.489 e. The number of nitrogen functional groups attached to an aromatic ring is 1. The van der Waals surface area contributed by atoms with Gasteiger partial charge in [-0.05, 0) is 24.3 Å². The summed E-state index contributed by atoms with van der Waals surface area (Å²) in [6.45, 7) is 0. The van der Waals surface area contributed by atoms with Crippen LogP contribution in [0, 0.1) is 0 Å². The quantitative estimate of drug-likeness (QED) is 0.921. The molecular formula is C13H14N2O2S. The molecule has 1 aliphatic rings. The third-order valence-electron chi connectivity index (χ3n) is 2.87. The summed E-state index contributed by atoms with van der Waals surface area (Å²) in [5.74, 6) is 3.38. The monoisotopic (exact) mass is 262 g/mol. The Morgan fingerprint density at radius 1 is 1.39 bits per heavy atom. The van der Waals surface area contributed by atoms with Crippen molar-refractivity contribution < 1.29 is 9.26 Å². The zero-order valence-corrected chi connectivity index (χ0v) is 10.7. The van der Waals surface area contributed by atoms with Gasteiger partial charge < -0.3 is 15.0 Å². The maximum atomic E-state index is 6.03. The van der Waals surface area contributed by atoms with Crippen LogP contribution in [-0.2, 0) is 0 Å². The first-order chi connectivity index (χ1) is 8.83. The lowest BCUT2D eigenvalue weighted by Gasteiger charge is -2.14. The second kappa shape index (κ2) is 4.94. The van der Waals surface area contributed by atoms with Gasteiger partial charge in [0.1, 0.15) is 17.5 Å². The fourth-order valence-corrected chi connectivity index (χ4v) is 3.08. The molecule has 0 spiro atoms. The predicted octanol–water partition coefficient (Wildman–Crippen LogP) is 2.81. The molecule has 1 fully saturated rings. The van der Waals surface area contributed by atoms with Crippen molar-refractivity contribution in [1.29, 1.82) is 0 Å². The van der Waals surface area contributed by atoms with E-state index in [2.05, 4.69) is 5.16 Å². The lowest BCUT2D eigenvalue weighted by atomic mass is 10.1. The van der Waals surface area contributed by atoms with Crippen LogP contribution in [0.25, 0.3) is 11.3 Å². The summed E-state index contributed by atoms with van der Waals surface area (Å²) in [6, 6.07) is 9.56. The Balaban J connectivity index is 1.89. The third kappa shape index (κ3) is 2.31. The maximum absolute atomic E-state index is 6.03. The molecule has 0 amide bonds. The van der Waals surface area contributed by atoms with Gasteiger partial charge in [-0.25, -0.2) is 0 Å². The second-order valence-corrected chi connectivity index (χ2v) is 5.36. The van der Waals surface area contributed by atoms with Crippen LogP contribution < -0.4 is 10.5 Å². The van der Waals surface area contributed by atoms with E-state index in [1.165, 1.54) is 5.75 Å². The molecule has 2 aromatic rings. The number of aromatic nitrogens is 1. The van der Waals surface area contributed by atoms with Crippen LogP contribution in [0.4, 0.5) is 5.88 Å². The molecule has 1 atom stereocenters. The van der Waals surface area contributed by atoms with Gasteiger partial charge in [0, 0.05) is 17.4 Å². The molecule has 1 saturated heterocycles. The molecule has 1 aliphatic heterocycles. The van der Waals surface area contributed by atoms with Crippen LogP contribution in [0.5, 0.6) is 5.75 Å². The average Bonchev–Trinajstić information content (AvgIpc) is 3.02. The predicted molar refractivity (Wildman–Crippen MR) is 72.7 cm³/mol. The van der Waals surface area contributed by atoms with Gasteiger partial charge in [0.15, 0.2) is 0 Å². The Labute approximate surface area is 109 Å². The number of ether oxygens (including phenoxy) is 1. The van der Waals surface area contributed by atoms with E-state index in [9.17, 15) is 0 Å². The first-order valence-corrected chi connectivity index (χ1v) is 7.04. The molecule has 1 aromatic heterocycles. The summed E-state index contributed by atoms with van der Waals surface area (Å²) in [4.78, 5) is 0. The molecule has 1 unspecified atom stereocenters. The topological polar surface area (TPSA) is 61.3 Å². The van der Waals surface area contributed by atoms with E-state index in [4.69, 9.17) is 15.0 Å². The molecule has 2 heterocycles. The van der Waals surface area contributed by atoms with Crippen LogP contribution in [0.1, 0.15) is 6.42 Å². The highest BCUT2D eigenvalue weighted by Gasteiger charge is 2.19. The summed E-state index contributed by atoms with van der Waals surface area (Å²) in [5.41, 5.74) is 7.20. The number of hydrogen-bond donors (Lipinski definition) is 1. The number of anilines is 1. The first-order valence-electron chi connectivity index (χ1n) is 5.89. The molecule has 5 heteroatoms. The van der Waals surface area contributed by atoms with Gasteiger partial charge >= 0.3 is 0 Å². The van der Waals surface area contributed by atoms with Gasteiger partial charge in [0.05, 0.1) is 0 Å². The molecule has 94 valence electrons. The lowest BCUT2D eigenvalue weighted by molar-refractivity contribution is 0.230. The number of rotatable bonds is 3. The summed E-state index contributed by atoms with van der Waals surface area (Å²) in [7, 11) is 0. The Morgan fingerprint density at radius 2 is 2.28 bits per heavy atom. The third-order valence-corrected chi connectivity index (χ3v) is 4.00. The fraction of sp³-hybridized carbons (Fsp3) is 0.308. The van der Waals surface area contributed by atoms with Crippen LogP contribution in [-0.4, -0.2) is 22.8 Å². The smallest absolute Gasteiger partial charge is 0.222 e. The number of benzene rings is 1. The molecule has 4 nitrogen and oxygen atoms in total. The zero-order chi connectivity index (χ0) is 12.4. The Kier molecular flexibility index (Phi) is 3.15. The Bertz CT molecular complexity index is 535. The second-order valence-electron chi connectivity index (χ2n) is 4.21. The molecular weight excluding hydrogens is 248 g/mol. The molecule has 0 saturated carbocycles. The number of nitrogens with zero attached hydrogens (tertiary/aromatic N) is 1. The van der Waals surface area contributed by atoms with Crippen molar-refractivity contribution in [2.24, 2.45) is 0 Å². The van der Waals surface area contributed by atoms with Crippen LogP contribution >= 0.6 is 11.8 Å². The van der Waals surface area contributed by atoms with E-state index < -0.39 is 0 Å². The van der Waals surface area contributed by atoms with E-state index in [1.807, 2.05) is 36.0 Å². The van der Waals surface area contributed by atoms with Crippen molar-refractivity contribution in [2.45, 2.75) is 12.5 Å². The van der Waals surface area contributed by atoms with Crippen LogP contribution in [0.3, 0.4) is 0 Å². The van der Waals surface area contributed by atoms with Gasteiger partial charge in [0.2, 0.25) is 5.88 Å². The van der Waals surface area contributed by atoms with Crippen molar-refractivity contribution in [1.82, 2.24) is 5.16 Å². The standard InChI is InChI=1S/C13H14N2O2S/c14-13-7-11(15-17-13)10-3-1-2-4-12(10)16-9-5-6-18-8-9/h1-4,7,9H,5-6,8,14H2. The summed E-state index contributed by atoms with van der Waals surface area (Å²) < 4.78 is 10.9. The van der Waals surface area contributed by atoms with Gasteiger partial charge in [-0.2, -0.15) is 11.8 Å². The van der Waals surface area contributed by atoms with Crippen LogP contribution in [0.15, 0.2) is 34.9 Å². The van der Waals surface area contributed by atoms with Gasteiger partial charge in [0.25, 0.3) is 0 Å². The van der Waals surface area contributed by atoms with E-state index >= 15 is 0 Å². The van der Waals surface area contributed by atoms with Gasteiger partial charge in [-0.15, -0.1) is 0 Å². The van der Waals surface area contributed by atoms with E-state index in [-0.39, 0.29) is 0 Å². The average molecular weight is 262 g/mol. The van der Waals surface area contributed by atoms with E-state index in [0.29, 0.717) is 17.7 Å². The Morgan fingerprint density at radius 3 is 3.00 bits per heavy atom. The largest absolute Gasteiger partial charge is 0.489 e. The van der Waals surface area contributed by atoms with Crippen molar-refractivity contribution in [2.75, 3.05) is 17.2 Å². The Hall–Kier alpha value is -1.62. The van der Waals surface area contributed by atoms with Gasteiger partial charge in [-0.1, -0.05) is 17.3 Å². The van der Waals surface area contributed by atoms with Crippen molar-refractivity contribution in [3.8, 4) is 17.0 Å². The fourth-order valence-electron chi connectivity index (χ4n) is 1.98. The summed E-state index contributed by atoms with van der Waals surface area (Å²) in [6.07, 6.45) is 1.39. The number of para-hydroxylation sites is 1. The highest BCUT2D eigenvalue weighted by atomic mass is 32.2.